The van der Waals surface area contributed by atoms with E-state index in [2.05, 4.69) is 48.2 Å². The van der Waals surface area contributed by atoms with Gasteiger partial charge in [0.25, 0.3) is 0 Å². The summed E-state index contributed by atoms with van der Waals surface area (Å²) < 4.78 is 16.6. The maximum Gasteiger partial charge on any atom is 0.165 e. The molecule has 6 nitrogen and oxygen atoms in total. The molecule has 0 bridgehead atoms. The van der Waals surface area contributed by atoms with Crippen molar-refractivity contribution in [1.29, 1.82) is 0 Å². The highest BCUT2D eigenvalue weighted by molar-refractivity contribution is 5.53. The van der Waals surface area contributed by atoms with Crippen molar-refractivity contribution in [2.24, 2.45) is 0 Å². The lowest BCUT2D eigenvalue weighted by molar-refractivity contribution is -0.106. The quantitative estimate of drug-likeness (QED) is 0.458. The number of rotatable bonds is 3. The number of benzene rings is 3. The van der Waals surface area contributed by atoms with Crippen LogP contribution in [0.1, 0.15) is 40.8 Å². The van der Waals surface area contributed by atoms with Crippen molar-refractivity contribution in [1.82, 2.24) is 4.90 Å². The van der Waals surface area contributed by atoms with Crippen molar-refractivity contribution < 1.29 is 23.8 Å². The molecule has 5 rings (SSSR count). The minimum Gasteiger partial charge on any atom is -0.497 e. The van der Waals surface area contributed by atoms with Gasteiger partial charge >= 0.3 is 0 Å². The smallest absolute Gasteiger partial charge is 0.165 e. The van der Waals surface area contributed by atoms with Crippen LogP contribution < -0.4 is 14.2 Å². The third-order valence-electron chi connectivity index (χ3n) is 6.28. The van der Waals surface area contributed by atoms with Gasteiger partial charge in [-0.3, -0.25) is 4.90 Å². The van der Waals surface area contributed by atoms with E-state index in [1.807, 2.05) is 31.1 Å². The molecule has 3 aromatic rings. The Morgan fingerprint density at radius 1 is 0.917 bits per heavy atom. The molecule has 2 heterocycles. The molecular weight excluding hydrogens is 454 g/mol. The molecule has 1 unspecified atom stereocenters. The number of fused-ring (bicyclic) bond motifs is 4. The molecule has 2 aliphatic rings. The van der Waals surface area contributed by atoms with E-state index >= 15 is 0 Å². The van der Waals surface area contributed by atoms with Crippen LogP contribution in [0.3, 0.4) is 0 Å². The molecule has 0 saturated carbocycles. The molecule has 0 aliphatic carbocycles. The molecule has 1 atom stereocenters. The zero-order chi connectivity index (χ0) is 26.5. The number of ether oxygens (including phenoxy) is 3. The summed E-state index contributed by atoms with van der Waals surface area (Å²) in [5.74, 6) is 2.63. The van der Waals surface area contributed by atoms with Crippen LogP contribution in [0.2, 0.25) is 0 Å². The van der Waals surface area contributed by atoms with Crippen LogP contribution in [-0.4, -0.2) is 45.8 Å². The van der Waals surface area contributed by atoms with Gasteiger partial charge in [-0.2, -0.15) is 0 Å². The summed E-state index contributed by atoms with van der Waals surface area (Å²) in [6.45, 7) is 7.50. The molecule has 0 spiro atoms. The van der Waals surface area contributed by atoms with Crippen LogP contribution in [0.4, 0.5) is 0 Å². The number of carbonyl (C=O) groups is 2. The number of carbonyl (C=O) groups excluding carboxylic acids is 2. The Hall–Kier alpha value is -3.64. The second-order valence-electron chi connectivity index (χ2n) is 8.33. The lowest BCUT2D eigenvalue weighted by Crippen LogP contribution is -2.39. The number of aryl methyl sites for hydroxylation is 1. The molecular formula is C30H37NO5. The fourth-order valence-corrected chi connectivity index (χ4v) is 4.62. The summed E-state index contributed by atoms with van der Waals surface area (Å²) in [5.41, 5.74) is 6.79. The van der Waals surface area contributed by atoms with E-state index in [1.165, 1.54) is 34.7 Å². The van der Waals surface area contributed by atoms with Gasteiger partial charge in [-0.15, -0.1) is 0 Å². The van der Waals surface area contributed by atoms with E-state index in [4.69, 9.17) is 23.8 Å². The first kappa shape index (κ1) is 28.6. The second-order valence-corrected chi connectivity index (χ2v) is 8.33. The summed E-state index contributed by atoms with van der Waals surface area (Å²) in [5, 5.41) is 0. The maximum absolute atomic E-state index is 8.81. The van der Waals surface area contributed by atoms with Crippen molar-refractivity contribution >= 4 is 13.1 Å². The van der Waals surface area contributed by atoms with Gasteiger partial charge in [-0.1, -0.05) is 48.0 Å². The maximum atomic E-state index is 8.81. The third kappa shape index (κ3) is 6.95. The van der Waals surface area contributed by atoms with Crippen molar-refractivity contribution in [3.8, 4) is 17.2 Å². The summed E-state index contributed by atoms with van der Waals surface area (Å²) in [7, 11) is 5.15. The number of nitrogens with zero attached hydrogens (tertiary/aromatic N) is 1. The van der Waals surface area contributed by atoms with Gasteiger partial charge in [0.05, 0.1) is 21.3 Å². The van der Waals surface area contributed by atoms with E-state index in [1.54, 1.807) is 21.3 Å². The van der Waals surface area contributed by atoms with Crippen LogP contribution >= 0.6 is 0 Å². The van der Waals surface area contributed by atoms with Gasteiger partial charge in [0, 0.05) is 24.7 Å². The number of aldehydes is 1. The molecule has 3 aromatic carbocycles. The Morgan fingerprint density at radius 3 is 2.14 bits per heavy atom. The molecule has 0 radical (unpaired) electrons. The molecule has 2 aliphatic heterocycles. The van der Waals surface area contributed by atoms with Gasteiger partial charge in [-0.05, 0) is 61.6 Å². The minimum absolute atomic E-state index is 0.412. The topological polar surface area (TPSA) is 65.1 Å². The summed E-state index contributed by atoms with van der Waals surface area (Å²) in [6.07, 6.45) is 2.83. The predicted molar refractivity (Wildman–Crippen MR) is 143 cm³/mol. The number of methoxy groups -OCH3 is 3. The van der Waals surface area contributed by atoms with E-state index in [9.17, 15) is 0 Å². The van der Waals surface area contributed by atoms with E-state index in [0.29, 0.717) is 6.04 Å². The standard InChI is InChI=1S/C20H23NO3.C7H8.C2H4O.CH2O/c1-22-15-6-4-13-8-9-21-12-17-14(10-18(21)16(13)11-15)5-7-19(23-2)20(17)24-3;1-7-5-3-2-4-6-7;1-2-3;1-2/h4-7,11,18H,8-10,12H2,1-3H3;2-6H,1H3;2H,1H3;1H2. The molecule has 36 heavy (non-hydrogen) atoms. The average Bonchev–Trinajstić information content (AvgIpc) is 2.93. The van der Waals surface area contributed by atoms with Crippen molar-refractivity contribution in [3.63, 3.8) is 0 Å². The minimum atomic E-state index is 0.412. The normalized spacial score (nSPS) is 14.9. The van der Waals surface area contributed by atoms with Crippen LogP contribution in [-0.2, 0) is 29.0 Å². The van der Waals surface area contributed by atoms with E-state index in [0.717, 1.165) is 49.5 Å². The molecule has 0 aromatic heterocycles. The Kier molecular flexibility index (Phi) is 11.7. The van der Waals surface area contributed by atoms with Crippen LogP contribution in [0.15, 0.2) is 60.7 Å². The zero-order valence-corrected chi connectivity index (χ0v) is 22.0. The zero-order valence-electron chi connectivity index (χ0n) is 22.0. The molecule has 0 amide bonds. The largest absolute Gasteiger partial charge is 0.497 e. The Labute approximate surface area is 214 Å². The van der Waals surface area contributed by atoms with Crippen molar-refractivity contribution in [2.75, 3.05) is 27.9 Å². The number of hydrogen-bond donors (Lipinski definition) is 0. The third-order valence-corrected chi connectivity index (χ3v) is 6.28. The van der Waals surface area contributed by atoms with Gasteiger partial charge in [0.1, 0.15) is 18.8 Å². The molecule has 0 fully saturated rings. The summed E-state index contributed by atoms with van der Waals surface area (Å²) in [6, 6.07) is 21.4. The SMILES string of the molecule is C=O.CC=O.COc1ccc2c(c1)C1Cc3ccc(OC)c(OC)c3CN1CC2.Cc1ccccc1. The predicted octanol–water partition coefficient (Wildman–Crippen LogP) is 5.38. The van der Waals surface area contributed by atoms with E-state index < -0.39 is 0 Å². The van der Waals surface area contributed by atoms with E-state index in [-0.39, 0.29) is 0 Å². The fraction of sp³-hybridized carbons (Fsp3) is 0.333. The Bertz CT molecular complexity index is 1100. The van der Waals surface area contributed by atoms with Gasteiger partial charge in [0.15, 0.2) is 11.5 Å². The van der Waals surface area contributed by atoms with Crippen molar-refractivity contribution in [3.05, 3.63) is 88.5 Å². The van der Waals surface area contributed by atoms with Crippen LogP contribution in [0.5, 0.6) is 17.2 Å². The van der Waals surface area contributed by atoms with Gasteiger partial charge < -0.3 is 23.8 Å². The highest BCUT2D eigenvalue weighted by Gasteiger charge is 2.34. The summed E-state index contributed by atoms with van der Waals surface area (Å²) in [4.78, 5) is 19.4. The first-order valence-corrected chi connectivity index (χ1v) is 11.9. The highest BCUT2D eigenvalue weighted by atomic mass is 16.5. The number of hydrogen-bond acceptors (Lipinski definition) is 6. The molecule has 6 heteroatoms. The Morgan fingerprint density at radius 2 is 1.58 bits per heavy atom. The van der Waals surface area contributed by atoms with Crippen LogP contribution in [0.25, 0.3) is 0 Å². The first-order chi connectivity index (χ1) is 17.6. The Balaban J connectivity index is 0.000000318. The van der Waals surface area contributed by atoms with Crippen molar-refractivity contribution in [2.45, 2.75) is 39.3 Å². The van der Waals surface area contributed by atoms with Crippen LogP contribution in [0, 0.1) is 6.92 Å². The fourth-order valence-electron chi connectivity index (χ4n) is 4.62. The first-order valence-electron chi connectivity index (χ1n) is 11.9. The molecule has 192 valence electrons. The summed E-state index contributed by atoms with van der Waals surface area (Å²) >= 11 is 0. The highest BCUT2D eigenvalue weighted by Crippen LogP contribution is 2.44. The molecule has 0 N–H and O–H groups in total. The molecule has 0 saturated heterocycles. The lowest BCUT2D eigenvalue weighted by Gasteiger charge is -2.42. The lowest BCUT2D eigenvalue weighted by atomic mass is 9.83. The monoisotopic (exact) mass is 491 g/mol. The van der Waals surface area contributed by atoms with Gasteiger partial charge in [0.2, 0.25) is 0 Å². The average molecular weight is 492 g/mol. The van der Waals surface area contributed by atoms with Gasteiger partial charge in [-0.25, -0.2) is 0 Å². The second kappa shape index (κ2) is 14.7.